The van der Waals surface area contributed by atoms with E-state index < -0.39 is 81.0 Å². The first-order valence-electron chi connectivity index (χ1n) is 15.0. The Balaban J connectivity index is 1.48. The van der Waals surface area contributed by atoms with Crippen molar-refractivity contribution in [1.29, 1.82) is 0 Å². The van der Waals surface area contributed by atoms with Crippen molar-refractivity contribution < 1.29 is 52.2 Å². The number of phenols is 1. The fourth-order valence-electron chi connectivity index (χ4n) is 5.10. The van der Waals surface area contributed by atoms with Gasteiger partial charge in [-0.3, -0.25) is 28.3 Å². The molecular formula is C29H40FN4O12P. The fraction of sp³-hybridized carbons (Fsp3) is 0.586. The van der Waals surface area contributed by atoms with E-state index in [1.165, 1.54) is 25.1 Å². The van der Waals surface area contributed by atoms with Gasteiger partial charge in [0.15, 0.2) is 18.6 Å². The molecule has 2 aromatic rings. The molecule has 47 heavy (non-hydrogen) atoms. The molecule has 1 aromatic carbocycles. The van der Waals surface area contributed by atoms with E-state index in [4.69, 9.17) is 23.5 Å². The number of hydrogen-bond donors (Lipinski definition) is 2. The molecule has 2 aliphatic heterocycles. The van der Waals surface area contributed by atoms with Crippen LogP contribution in [0.1, 0.15) is 33.9 Å². The topological polar surface area (TPSA) is 188 Å². The van der Waals surface area contributed by atoms with Gasteiger partial charge in [-0.25, -0.2) is 18.5 Å². The lowest BCUT2D eigenvalue weighted by atomic mass is 9.98. The lowest BCUT2D eigenvalue weighted by Gasteiger charge is -2.30. The third-order valence-electron chi connectivity index (χ3n) is 7.67. The molecule has 2 saturated heterocycles. The summed E-state index contributed by atoms with van der Waals surface area (Å²) in [7, 11) is -3.42. The maximum absolute atomic E-state index is 16.0. The van der Waals surface area contributed by atoms with Crippen LogP contribution < -0.4 is 15.9 Å². The van der Waals surface area contributed by atoms with Crippen LogP contribution in [0.25, 0.3) is 0 Å². The summed E-state index contributed by atoms with van der Waals surface area (Å²) in [5, 5.41) is 21.3. The minimum absolute atomic E-state index is 0.00476. The van der Waals surface area contributed by atoms with Crippen molar-refractivity contribution in [2.24, 2.45) is 0 Å². The van der Waals surface area contributed by atoms with Gasteiger partial charge in [-0.05, 0) is 39.8 Å². The molecule has 3 heterocycles. The van der Waals surface area contributed by atoms with Crippen molar-refractivity contribution >= 4 is 25.8 Å². The second-order valence-electron chi connectivity index (χ2n) is 11.5. The van der Waals surface area contributed by atoms with E-state index in [2.05, 4.69) is 0 Å². The number of rotatable bonds is 13. The van der Waals surface area contributed by atoms with Gasteiger partial charge < -0.3 is 33.7 Å². The van der Waals surface area contributed by atoms with Gasteiger partial charge in [-0.1, -0.05) is 12.1 Å². The Labute approximate surface area is 270 Å². The van der Waals surface area contributed by atoms with Gasteiger partial charge in [0.2, 0.25) is 0 Å². The monoisotopic (exact) mass is 686 g/mol. The number of phenolic OH excluding ortho intramolecular Hbond substituents is 1. The average molecular weight is 687 g/mol. The summed E-state index contributed by atoms with van der Waals surface area (Å²) >= 11 is 0. The first-order valence-corrected chi connectivity index (χ1v) is 16.2. The van der Waals surface area contributed by atoms with E-state index in [1.54, 1.807) is 24.8 Å². The number of anilines is 1. The second-order valence-corrected chi connectivity index (χ2v) is 12.8. The van der Waals surface area contributed by atoms with E-state index in [-0.39, 0.29) is 18.0 Å². The van der Waals surface area contributed by atoms with Crippen LogP contribution in [-0.2, 0) is 44.4 Å². The van der Waals surface area contributed by atoms with E-state index in [1.807, 2.05) is 0 Å². The molecule has 18 heteroatoms. The maximum Gasteiger partial charge on any atom is 0.336 e. The van der Waals surface area contributed by atoms with Gasteiger partial charge in [0, 0.05) is 25.4 Å². The Hall–Kier alpha value is -3.60. The standard InChI is InChI=1S/C29H40FN4O12P/c1-18(2)45-26(39)19(3)34(20-7-5-6-8-21(20)35)47(41)44-16-22-25(38)29(4,30)27(46-22)32-10-9-23(36)33(28(32)40)17-43-24(37)15-31-11-13-42-14-12-31/h5-10,18-19,22,25,27,35,38,47H,11-17H2,1-4H3/t19-,22+,25+,27+,29+/m0/s1. The van der Waals surface area contributed by atoms with Crippen molar-refractivity contribution in [3.63, 3.8) is 0 Å². The molecule has 0 amide bonds. The highest BCUT2D eigenvalue weighted by molar-refractivity contribution is 7.41. The van der Waals surface area contributed by atoms with E-state index >= 15 is 4.39 Å². The number of para-hydroxylation sites is 2. The molecule has 2 N–H and O–H groups in total. The number of alkyl halides is 1. The molecule has 1 aromatic heterocycles. The van der Waals surface area contributed by atoms with Crippen LogP contribution in [0.5, 0.6) is 5.75 Å². The summed E-state index contributed by atoms with van der Waals surface area (Å²) in [6, 6.07) is 5.57. The van der Waals surface area contributed by atoms with Crippen molar-refractivity contribution in [3.05, 3.63) is 57.4 Å². The first-order chi connectivity index (χ1) is 22.2. The number of aromatic hydroxyl groups is 1. The zero-order valence-electron chi connectivity index (χ0n) is 26.4. The number of benzene rings is 1. The number of carbonyl (C=O) groups excluding carboxylic acids is 2. The minimum Gasteiger partial charge on any atom is -0.506 e. The van der Waals surface area contributed by atoms with Crippen LogP contribution >= 0.6 is 8.18 Å². The number of halogens is 1. The van der Waals surface area contributed by atoms with Crippen LogP contribution in [0, 0.1) is 0 Å². The summed E-state index contributed by atoms with van der Waals surface area (Å²) in [5.41, 5.74) is -4.51. The molecule has 0 radical (unpaired) electrons. The SMILES string of the molecule is CC(C)OC(=O)[C@H](C)N(c1ccccc1O)[PH](=O)OC[C@H]1O[C@@H](n2ccc(=O)n(COC(=O)CN3CCOCC3)c2=O)[C@](C)(F)[C@@H]1O. The molecule has 4 rings (SSSR count). The zero-order chi connectivity index (χ0) is 34.5. The lowest BCUT2D eigenvalue weighted by Crippen LogP contribution is -2.47. The highest BCUT2D eigenvalue weighted by Crippen LogP contribution is 2.44. The highest BCUT2D eigenvalue weighted by Gasteiger charge is 2.55. The molecule has 6 atom stereocenters. The Morgan fingerprint density at radius 1 is 1.17 bits per heavy atom. The predicted molar refractivity (Wildman–Crippen MR) is 164 cm³/mol. The van der Waals surface area contributed by atoms with Crippen LogP contribution in [0.15, 0.2) is 46.1 Å². The van der Waals surface area contributed by atoms with E-state index in [9.17, 15) is 34.0 Å². The highest BCUT2D eigenvalue weighted by atomic mass is 31.1. The molecule has 1 unspecified atom stereocenters. The molecule has 2 aliphatic rings. The largest absolute Gasteiger partial charge is 0.506 e. The molecule has 16 nitrogen and oxygen atoms in total. The molecular weight excluding hydrogens is 646 g/mol. The Bertz CT molecular complexity index is 1560. The van der Waals surface area contributed by atoms with Crippen molar-refractivity contribution in [3.8, 4) is 5.75 Å². The smallest absolute Gasteiger partial charge is 0.336 e. The van der Waals surface area contributed by atoms with Gasteiger partial charge in [0.1, 0.15) is 24.0 Å². The lowest BCUT2D eigenvalue weighted by molar-refractivity contribution is -0.150. The van der Waals surface area contributed by atoms with Gasteiger partial charge >= 0.3 is 17.6 Å². The number of hydrogen-bond acceptors (Lipinski definition) is 13. The summed E-state index contributed by atoms with van der Waals surface area (Å²) in [4.78, 5) is 52.6. The quantitative estimate of drug-likeness (QED) is 0.222. The van der Waals surface area contributed by atoms with Gasteiger partial charge in [-0.2, -0.15) is 0 Å². The number of aliphatic hydroxyl groups is 1. The molecule has 260 valence electrons. The third-order valence-corrected chi connectivity index (χ3v) is 9.10. The van der Waals surface area contributed by atoms with Crippen molar-refractivity contribution in [1.82, 2.24) is 14.0 Å². The van der Waals surface area contributed by atoms with Crippen LogP contribution in [0.3, 0.4) is 0 Å². The number of ether oxygens (including phenoxy) is 4. The molecule has 2 fully saturated rings. The van der Waals surface area contributed by atoms with Crippen molar-refractivity contribution in [2.45, 2.75) is 70.7 Å². The Morgan fingerprint density at radius 3 is 2.51 bits per heavy atom. The second kappa shape index (κ2) is 15.5. The first kappa shape index (κ1) is 36.2. The number of nitrogens with zero attached hydrogens (tertiary/aromatic N) is 4. The summed E-state index contributed by atoms with van der Waals surface area (Å²) in [5.74, 6) is -1.73. The number of esters is 2. The molecule has 0 saturated carbocycles. The van der Waals surface area contributed by atoms with Crippen LogP contribution in [0.4, 0.5) is 10.1 Å². The number of aliphatic hydroxyl groups excluding tert-OH is 1. The average Bonchev–Trinajstić information content (AvgIpc) is 3.24. The van der Waals surface area contributed by atoms with Crippen LogP contribution in [0.2, 0.25) is 0 Å². The van der Waals surface area contributed by atoms with Gasteiger partial charge in [0.25, 0.3) is 13.7 Å². The summed E-state index contributed by atoms with van der Waals surface area (Å²) in [6.07, 6.45) is -4.64. The number of aromatic nitrogens is 2. The molecule has 0 aliphatic carbocycles. The van der Waals surface area contributed by atoms with Crippen molar-refractivity contribution in [2.75, 3.05) is 44.1 Å². The Kier molecular flexibility index (Phi) is 12.0. The fourth-order valence-corrected chi connectivity index (χ4v) is 6.35. The molecule has 0 spiro atoms. The number of morpholine rings is 1. The maximum atomic E-state index is 16.0. The summed E-state index contributed by atoms with van der Waals surface area (Å²) < 4.78 is 58.6. The summed E-state index contributed by atoms with van der Waals surface area (Å²) in [6.45, 7) is 6.11. The number of carbonyl (C=O) groups is 2. The minimum atomic E-state index is -3.42. The van der Waals surface area contributed by atoms with Gasteiger partial charge in [0.05, 0.1) is 38.2 Å². The zero-order valence-corrected chi connectivity index (χ0v) is 27.4. The normalized spacial score (nSPS) is 24.5. The third kappa shape index (κ3) is 8.47. The van der Waals surface area contributed by atoms with E-state index in [0.717, 1.165) is 28.4 Å². The Morgan fingerprint density at radius 2 is 1.85 bits per heavy atom. The van der Waals surface area contributed by atoms with Gasteiger partial charge in [-0.15, -0.1) is 0 Å². The predicted octanol–water partition coefficient (Wildman–Crippen LogP) is 0.788. The van der Waals surface area contributed by atoms with Crippen LogP contribution in [-0.4, -0.2) is 106 Å². The van der Waals surface area contributed by atoms with E-state index in [0.29, 0.717) is 30.9 Å². The molecule has 0 bridgehead atoms.